The van der Waals surface area contributed by atoms with Crippen LogP contribution < -0.4 is 11.4 Å². The SMILES string of the molecule is Nc1ccn(C2OC(COP(=O)(OP(=O)(O)O)OP(=O)(O)O)C(O)C2O)c(=O)n1. The fraction of sp³-hybridized carbons (Fsp3) is 0.556. The molecule has 4 unspecified atom stereocenters. The number of ether oxygens (including phenoxy) is 1. The number of anilines is 1. The number of aromatic nitrogens is 2. The summed E-state index contributed by atoms with van der Waals surface area (Å²) >= 11 is 0. The monoisotopic (exact) mass is 483 g/mol. The normalized spacial score (nSPS) is 26.0. The molecule has 1 saturated heterocycles. The summed E-state index contributed by atoms with van der Waals surface area (Å²) in [5.74, 6) is -0.135. The van der Waals surface area contributed by atoms with Crippen molar-refractivity contribution in [1.29, 1.82) is 0 Å². The lowest BCUT2D eigenvalue weighted by Crippen LogP contribution is -2.36. The van der Waals surface area contributed by atoms with E-state index >= 15 is 0 Å². The van der Waals surface area contributed by atoms with Crippen LogP contribution in [0.25, 0.3) is 0 Å². The summed E-state index contributed by atoms with van der Waals surface area (Å²) < 4.78 is 51.5. The van der Waals surface area contributed by atoms with E-state index in [0.717, 1.165) is 10.8 Å². The van der Waals surface area contributed by atoms with Crippen molar-refractivity contribution in [2.75, 3.05) is 12.3 Å². The van der Waals surface area contributed by atoms with Crippen molar-refractivity contribution < 1.29 is 61.4 Å². The molecule has 2 heterocycles. The van der Waals surface area contributed by atoms with E-state index in [4.69, 9.17) is 30.0 Å². The van der Waals surface area contributed by atoms with Gasteiger partial charge < -0.3 is 40.3 Å². The van der Waals surface area contributed by atoms with Crippen LogP contribution in [0.15, 0.2) is 17.1 Å². The molecule has 29 heavy (non-hydrogen) atoms. The van der Waals surface area contributed by atoms with Gasteiger partial charge in [0.15, 0.2) is 6.23 Å². The van der Waals surface area contributed by atoms with E-state index in [0.29, 0.717) is 0 Å². The Morgan fingerprint density at radius 1 is 1.10 bits per heavy atom. The second-order valence-electron chi connectivity index (χ2n) is 5.48. The Morgan fingerprint density at radius 2 is 1.66 bits per heavy atom. The van der Waals surface area contributed by atoms with Gasteiger partial charge >= 0.3 is 29.2 Å². The number of phosphoric acid groups is 3. The van der Waals surface area contributed by atoms with Crippen LogP contribution in [0, 0.1) is 0 Å². The lowest BCUT2D eigenvalue weighted by Gasteiger charge is -2.21. The molecule has 0 aliphatic carbocycles. The van der Waals surface area contributed by atoms with Crippen molar-refractivity contribution >= 4 is 29.3 Å². The summed E-state index contributed by atoms with van der Waals surface area (Å²) in [4.78, 5) is 50.0. The molecule has 17 nitrogen and oxygen atoms in total. The van der Waals surface area contributed by atoms with E-state index in [1.54, 1.807) is 0 Å². The highest BCUT2D eigenvalue weighted by molar-refractivity contribution is 7.66. The molecule has 0 spiro atoms. The molecule has 8 N–H and O–H groups in total. The first-order valence-electron chi connectivity index (χ1n) is 7.25. The number of hydrogen-bond acceptors (Lipinski definition) is 12. The van der Waals surface area contributed by atoms with Gasteiger partial charge in [-0.15, -0.1) is 0 Å². The predicted octanol–water partition coefficient (Wildman–Crippen LogP) is -2.21. The minimum atomic E-state index is -5.61. The Bertz CT molecular complexity index is 912. The minimum absolute atomic E-state index is 0.135. The second-order valence-corrected chi connectivity index (χ2v) is 9.90. The number of rotatable bonds is 8. The second kappa shape index (κ2) is 8.61. The molecule has 0 radical (unpaired) electrons. The third kappa shape index (κ3) is 6.73. The maximum atomic E-state index is 12.1. The summed E-state index contributed by atoms with van der Waals surface area (Å²) in [5, 5.41) is 20.1. The minimum Gasteiger partial charge on any atom is -0.387 e. The van der Waals surface area contributed by atoms with Gasteiger partial charge in [0.2, 0.25) is 0 Å². The summed E-state index contributed by atoms with van der Waals surface area (Å²) in [7, 11) is -16.8. The van der Waals surface area contributed by atoms with Crippen LogP contribution in [-0.4, -0.2) is 64.3 Å². The van der Waals surface area contributed by atoms with E-state index in [1.165, 1.54) is 6.07 Å². The number of aliphatic hydroxyl groups is 2. The smallest absolute Gasteiger partial charge is 0.387 e. The zero-order valence-corrected chi connectivity index (χ0v) is 16.6. The maximum absolute atomic E-state index is 12.1. The van der Waals surface area contributed by atoms with Crippen LogP contribution in [-0.2, 0) is 31.6 Å². The van der Waals surface area contributed by atoms with Gasteiger partial charge in [0.05, 0.1) is 6.61 Å². The van der Waals surface area contributed by atoms with E-state index in [1.807, 2.05) is 0 Å². The Labute approximate surface area is 160 Å². The van der Waals surface area contributed by atoms with Crippen molar-refractivity contribution in [2.24, 2.45) is 0 Å². The van der Waals surface area contributed by atoms with Crippen molar-refractivity contribution in [3.8, 4) is 0 Å². The van der Waals surface area contributed by atoms with Gasteiger partial charge in [0.25, 0.3) is 0 Å². The maximum Gasteiger partial charge on any atom is 0.492 e. The van der Waals surface area contributed by atoms with Gasteiger partial charge in [-0.2, -0.15) is 13.6 Å². The van der Waals surface area contributed by atoms with Gasteiger partial charge in [0, 0.05) is 6.20 Å². The predicted molar refractivity (Wildman–Crippen MR) is 88.6 cm³/mol. The molecule has 0 amide bonds. The van der Waals surface area contributed by atoms with E-state index < -0.39 is 60.3 Å². The molecule has 1 aliphatic heterocycles. The summed E-state index contributed by atoms with van der Waals surface area (Å²) in [6.45, 7) is -1.09. The first-order valence-corrected chi connectivity index (χ1v) is 11.8. The van der Waals surface area contributed by atoms with Crippen LogP contribution in [0.5, 0.6) is 0 Å². The van der Waals surface area contributed by atoms with Crippen LogP contribution in [0.4, 0.5) is 5.82 Å². The van der Waals surface area contributed by atoms with E-state index in [2.05, 4.69) is 18.1 Å². The molecule has 20 heteroatoms. The molecule has 1 fully saturated rings. The summed E-state index contributed by atoms with van der Waals surface area (Å²) in [5.41, 5.74) is 4.37. The third-order valence-electron chi connectivity index (χ3n) is 3.27. The number of aliphatic hydroxyl groups excluding tert-OH is 2. The van der Waals surface area contributed by atoms with Crippen molar-refractivity contribution in [1.82, 2.24) is 9.55 Å². The lowest BCUT2D eigenvalue weighted by atomic mass is 10.1. The number of hydrogen-bond donors (Lipinski definition) is 7. The van der Waals surface area contributed by atoms with Crippen molar-refractivity contribution in [3.63, 3.8) is 0 Å². The van der Waals surface area contributed by atoms with Crippen LogP contribution in [0.1, 0.15) is 6.23 Å². The number of nitrogens with two attached hydrogens (primary N) is 1. The highest BCUT2D eigenvalue weighted by Gasteiger charge is 2.48. The van der Waals surface area contributed by atoms with Gasteiger partial charge in [-0.05, 0) is 6.07 Å². The Morgan fingerprint density at radius 3 is 2.14 bits per heavy atom. The molecule has 0 aromatic carbocycles. The first-order chi connectivity index (χ1) is 13.1. The van der Waals surface area contributed by atoms with Crippen LogP contribution >= 0.6 is 23.5 Å². The molecule has 1 aromatic rings. The highest BCUT2D eigenvalue weighted by atomic mass is 31.3. The average Bonchev–Trinajstić information content (AvgIpc) is 2.77. The van der Waals surface area contributed by atoms with Gasteiger partial charge in [0.1, 0.15) is 24.1 Å². The molecule has 1 aliphatic rings. The lowest BCUT2D eigenvalue weighted by molar-refractivity contribution is -0.0540. The van der Waals surface area contributed by atoms with Gasteiger partial charge in [-0.1, -0.05) is 0 Å². The molecule has 0 saturated carbocycles. The third-order valence-corrected chi connectivity index (χ3v) is 7.04. The van der Waals surface area contributed by atoms with Gasteiger partial charge in [-0.25, -0.2) is 18.5 Å². The fourth-order valence-electron chi connectivity index (χ4n) is 2.20. The fourth-order valence-corrected chi connectivity index (χ4v) is 5.38. The molecule has 4 atom stereocenters. The first kappa shape index (κ1) is 24.2. The largest absolute Gasteiger partial charge is 0.492 e. The Hall–Kier alpha value is -1.03. The quantitative estimate of drug-likeness (QED) is 0.193. The molecular formula is C9H16N3O14P3. The molecule has 166 valence electrons. The number of nitrogens with zero attached hydrogens (tertiary/aromatic N) is 2. The molecule has 1 aromatic heterocycles. The summed E-state index contributed by atoms with van der Waals surface area (Å²) in [6.07, 6.45) is -5.59. The summed E-state index contributed by atoms with van der Waals surface area (Å²) in [6, 6.07) is 1.18. The van der Waals surface area contributed by atoms with Crippen LogP contribution in [0.3, 0.4) is 0 Å². The van der Waals surface area contributed by atoms with Crippen molar-refractivity contribution in [2.45, 2.75) is 24.5 Å². The van der Waals surface area contributed by atoms with E-state index in [9.17, 15) is 28.7 Å². The Kier molecular flexibility index (Phi) is 7.20. The van der Waals surface area contributed by atoms with E-state index in [-0.39, 0.29) is 5.82 Å². The Balaban J connectivity index is 2.17. The molecular weight excluding hydrogens is 467 g/mol. The topological polar surface area (TPSA) is 270 Å². The van der Waals surface area contributed by atoms with Gasteiger partial charge in [-0.3, -0.25) is 9.09 Å². The standard InChI is InChI=1S/C9H16N3O14P3/c10-5-1-2-12(9(15)11-5)8-7(14)6(13)4(24-8)3-23-29(22,25-27(16,17)18)26-28(19,20)21/h1-2,4,6-8,13-14H,3H2,(H2,10,11,15)(H2,16,17,18)(H2,19,20,21). The zero-order valence-electron chi connectivity index (χ0n) is 13.9. The molecule has 2 rings (SSSR count). The molecule has 0 bridgehead atoms. The average molecular weight is 483 g/mol. The van der Waals surface area contributed by atoms with Crippen molar-refractivity contribution in [3.05, 3.63) is 22.7 Å². The highest BCUT2D eigenvalue weighted by Crippen LogP contribution is 2.67. The number of nitrogen functional groups attached to an aromatic ring is 1. The zero-order chi connectivity index (χ0) is 22.2. The van der Waals surface area contributed by atoms with Crippen LogP contribution in [0.2, 0.25) is 0 Å².